The summed E-state index contributed by atoms with van der Waals surface area (Å²) in [6.45, 7) is 2.06. The Kier molecular flexibility index (Phi) is 8.03. The van der Waals surface area contributed by atoms with E-state index in [1.807, 2.05) is 35.1 Å². The number of benzene rings is 2. The molecule has 3 fully saturated rings. The molecule has 0 saturated heterocycles. The largest absolute Gasteiger partial charge is 0.508 e. The summed E-state index contributed by atoms with van der Waals surface area (Å²) in [7, 11) is 0. The third-order valence-corrected chi connectivity index (χ3v) is 10.1. The fraction of sp³-hybridized carbons (Fsp3) is 0.412. The van der Waals surface area contributed by atoms with Gasteiger partial charge in [0.05, 0.1) is 24.5 Å². The van der Waals surface area contributed by atoms with Gasteiger partial charge in [0.2, 0.25) is 0 Å². The molecule has 2 heterocycles. The number of nitrogens with zero attached hydrogens (tertiary/aromatic N) is 4. The van der Waals surface area contributed by atoms with E-state index in [0.29, 0.717) is 24.6 Å². The zero-order valence-electron chi connectivity index (χ0n) is 24.7. The van der Waals surface area contributed by atoms with Crippen molar-refractivity contribution in [2.24, 2.45) is 0 Å². The van der Waals surface area contributed by atoms with Crippen LogP contribution >= 0.6 is 0 Å². The number of phenols is 1. The highest BCUT2D eigenvalue weighted by molar-refractivity contribution is 5.68. The zero-order valence-corrected chi connectivity index (χ0v) is 24.7. The Morgan fingerprint density at radius 2 is 1.63 bits per heavy atom. The van der Waals surface area contributed by atoms with Crippen LogP contribution < -0.4 is 17.2 Å². The lowest BCUT2D eigenvalue weighted by atomic mass is 9.54. The number of pyridine rings is 1. The average Bonchev–Trinajstić information content (AvgIpc) is 3.48. The Labute approximate surface area is 253 Å². The van der Waals surface area contributed by atoms with Crippen LogP contribution in [0.25, 0.3) is 0 Å². The van der Waals surface area contributed by atoms with E-state index in [2.05, 4.69) is 40.2 Å². The lowest BCUT2D eigenvalue weighted by Gasteiger charge is -2.58. The minimum absolute atomic E-state index is 0.0837. The number of fused-ring (bicyclic) bond motifs is 3. The van der Waals surface area contributed by atoms with Crippen LogP contribution in [-0.2, 0) is 12.0 Å². The van der Waals surface area contributed by atoms with E-state index in [-0.39, 0.29) is 35.0 Å². The molecule has 0 spiro atoms. The number of aliphatic hydroxyl groups excluding tert-OH is 1. The molecule has 2 aromatic carbocycles. The Morgan fingerprint density at radius 3 is 2.33 bits per heavy atom. The first-order valence-corrected chi connectivity index (χ1v) is 15.3. The molecule has 0 radical (unpaired) electrons. The van der Waals surface area contributed by atoms with Crippen molar-refractivity contribution in [1.82, 2.24) is 19.7 Å². The molecule has 3 aliphatic rings. The highest BCUT2D eigenvalue weighted by atomic mass is 16.3. The van der Waals surface area contributed by atoms with E-state index in [1.54, 1.807) is 12.1 Å². The van der Waals surface area contributed by atoms with Crippen LogP contribution in [0.15, 0.2) is 72.9 Å². The van der Waals surface area contributed by atoms with Gasteiger partial charge in [-0.15, -0.1) is 0 Å². The SMILES string of the molecule is Nc1cc(C(CCN(CCO)C23CCC(c4ccccc4)(CC2)CC3)c2ccn(Cc3cccc(O)c3)n2)c(N)c(N)n1. The van der Waals surface area contributed by atoms with E-state index in [9.17, 15) is 10.2 Å². The van der Waals surface area contributed by atoms with Crippen LogP contribution in [0.3, 0.4) is 0 Å². The van der Waals surface area contributed by atoms with Crippen LogP contribution in [0.2, 0.25) is 0 Å². The second-order valence-electron chi connectivity index (χ2n) is 12.5. The normalized spacial score (nSPS) is 22.2. The van der Waals surface area contributed by atoms with Gasteiger partial charge >= 0.3 is 0 Å². The lowest BCUT2D eigenvalue weighted by molar-refractivity contribution is -0.0329. The first kappa shape index (κ1) is 29.0. The predicted molar refractivity (Wildman–Crippen MR) is 171 cm³/mol. The van der Waals surface area contributed by atoms with Gasteiger partial charge in [-0.1, -0.05) is 42.5 Å². The second-order valence-corrected chi connectivity index (χ2v) is 12.5. The standard InChI is InChI=1S/C34H43N7O2/c35-30-22-28(31(36)32(37)38-30)27(29-10-18-41(39-29)23-24-5-4-8-26(43)21-24)9-17-40(19-20-42)34-14-11-33(12-15-34,13-16-34)25-6-2-1-3-7-25/h1-8,10,18,21-22,27,42-43H,9,11-17,19-20,23,36H2,(H4,35,37,38). The third kappa shape index (κ3) is 5.79. The van der Waals surface area contributed by atoms with Crippen LogP contribution in [-0.4, -0.2) is 55.1 Å². The van der Waals surface area contributed by atoms with Crippen molar-refractivity contribution in [3.63, 3.8) is 0 Å². The number of aromatic nitrogens is 3. The molecular weight excluding hydrogens is 538 g/mol. The minimum Gasteiger partial charge on any atom is -0.508 e. The van der Waals surface area contributed by atoms with Crippen molar-refractivity contribution in [3.8, 4) is 5.75 Å². The number of rotatable bonds is 11. The molecular formula is C34H43N7O2. The average molecular weight is 582 g/mol. The molecule has 3 saturated carbocycles. The number of anilines is 3. The van der Waals surface area contributed by atoms with Gasteiger partial charge in [-0.05, 0) is 97.9 Å². The van der Waals surface area contributed by atoms with E-state index >= 15 is 0 Å². The Morgan fingerprint density at radius 1 is 0.884 bits per heavy atom. The number of nitrogens with two attached hydrogens (primary N) is 3. The van der Waals surface area contributed by atoms with Crippen LogP contribution in [0.4, 0.5) is 17.3 Å². The molecule has 43 heavy (non-hydrogen) atoms. The summed E-state index contributed by atoms with van der Waals surface area (Å²) in [5, 5.41) is 25.0. The summed E-state index contributed by atoms with van der Waals surface area (Å²) < 4.78 is 1.87. The van der Waals surface area contributed by atoms with Gasteiger partial charge in [-0.2, -0.15) is 5.10 Å². The number of phenolic OH excluding ortho intramolecular Hbond substituents is 1. The van der Waals surface area contributed by atoms with Gasteiger partial charge < -0.3 is 27.4 Å². The molecule has 3 aliphatic carbocycles. The molecule has 226 valence electrons. The van der Waals surface area contributed by atoms with Gasteiger partial charge in [0.25, 0.3) is 0 Å². The topological polar surface area (TPSA) is 152 Å². The van der Waals surface area contributed by atoms with Gasteiger partial charge in [0.15, 0.2) is 0 Å². The molecule has 8 N–H and O–H groups in total. The van der Waals surface area contributed by atoms with Crippen LogP contribution in [0.1, 0.15) is 73.2 Å². The number of hydrogen-bond acceptors (Lipinski definition) is 8. The summed E-state index contributed by atoms with van der Waals surface area (Å²) in [5.74, 6) is 0.620. The van der Waals surface area contributed by atoms with Crippen molar-refractivity contribution in [2.45, 2.75) is 68.4 Å². The number of aliphatic hydroxyl groups is 1. The molecule has 0 aliphatic heterocycles. The van der Waals surface area contributed by atoms with Gasteiger partial charge in [0, 0.05) is 24.2 Å². The van der Waals surface area contributed by atoms with Gasteiger partial charge in [-0.25, -0.2) is 4.98 Å². The van der Waals surface area contributed by atoms with Crippen molar-refractivity contribution >= 4 is 17.3 Å². The monoisotopic (exact) mass is 581 g/mol. The molecule has 0 amide bonds. The summed E-state index contributed by atoms with van der Waals surface area (Å²) in [6.07, 6.45) is 9.59. The highest BCUT2D eigenvalue weighted by Gasteiger charge is 2.51. The molecule has 9 nitrogen and oxygen atoms in total. The molecule has 1 unspecified atom stereocenters. The van der Waals surface area contributed by atoms with Crippen molar-refractivity contribution in [3.05, 3.63) is 95.3 Å². The summed E-state index contributed by atoms with van der Waals surface area (Å²) in [4.78, 5) is 6.71. The molecule has 2 bridgehead atoms. The smallest absolute Gasteiger partial charge is 0.149 e. The highest BCUT2D eigenvalue weighted by Crippen LogP contribution is 2.55. The lowest BCUT2D eigenvalue weighted by Crippen LogP contribution is -2.58. The quantitative estimate of drug-likeness (QED) is 0.172. The van der Waals surface area contributed by atoms with Crippen molar-refractivity contribution < 1.29 is 10.2 Å². The van der Waals surface area contributed by atoms with Crippen LogP contribution in [0, 0.1) is 0 Å². The van der Waals surface area contributed by atoms with Gasteiger partial charge in [0.1, 0.15) is 17.4 Å². The summed E-state index contributed by atoms with van der Waals surface area (Å²) in [6, 6.07) is 22.0. The predicted octanol–water partition coefficient (Wildman–Crippen LogP) is 4.64. The van der Waals surface area contributed by atoms with E-state index in [1.165, 1.54) is 24.8 Å². The molecule has 1 atom stereocenters. The molecule has 7 rings (SSSR count). The first-order chi connectivity index (χ1) is 20.8. The first-order valence-electron chi connectivity index (χ1n) is 15.3. The maximum absolute atomic E-state index is 10.2. The molecule has 2 aromatic heterocycles. The molecule has 9 heteroatoms. The van der Waals surface area contributed by atoms with E-state index in [0.717, 1.165) is 49.0 Å². The summed E-state index contributed by atoms with van der Waals surface area (Å²) in [5.41, 5.74) is 23.8. The van der Waals surface area contributed by atoms with E-state index < -0.39 is 0 Å². The Hall–Kier alpha value is -4.08. The van der Waals surface area contributed by atoms with Crippen LogP contribution in [0.5, 0.6) is 5.75 Å². The maximum atomic E-state index is 10.2. The number of nitrogen functional groups attached to an aromatic ring is 3. The summed E-state index contributed by atoms with van der Waals surface area (Å²) >= 11 is 0. The zero-order chi connectivity index (χ0) is 30.0. The van der Waals surface area contributed by atoms with Crippen molar-refractivity contribution in [2.75, 3.05) is 36.9 Å². The second kappa shape index (κ2) is 11.9. The van der Waals surface area contributed by atoms with E-state index in [4.69, 9.17) is 22.3 Å². The van der Waals surface area contributed by atoms with Crippen molar-refractivity contribution in [1.29, 1.82) is 0 Å². The minimum atomic E-state index is -0.161. The number of β-amino-alcohol motifs (C(OH)–C–C–N with tert-alkyl or cyclic N) is 1. The molecule has 4 aromatic rings. The van der Waals surface area contributed by atoms with Gasteiger partial charge in [-0.3, -0.25) is 9.58 Å². The number of aromatic hydroxyl groups is 1. The fourth-order valence-electron chi connectivity index (χ4n) is 7.72. The third-order valence-electron chi connectivity index (χ3n) is 10.1. The Balaban J connectivity index is 1.25. The fourth-order valence-corrected chi connectivity index (χ4v) is 7.72. The maximum Gasteiger partial charge on any atom is 0.149 e. The Bertz CT molecular complexity index is 1530. The number of hydrogen-bond donors (Lipinski definition) is 5.